The lowest BCUT2D eigenvalue weighted by molar-refractivity contribution is 0.0713. The van der Waals surface area contributed by atoms with Gasteiger partial charge >= 0.3 is 0 Å². The van der Waals surface area contributed by atoms with Crippen molar-refractivity contribution in [2.45, 2.75) is 13.1 Å². The summed E-state index contributed by atoms with van der Waals surface area (Å²) < 4.78 is 5.36. The molecular formula is C16H14N2O2S. The van der Waals surface area contributed by atoms with E-state index in [0.29, 0.717) is 18.8 Å². The van der Waals surface area contributed by atoms with E-state index in [4.69, 9.17) is 4.42 Å². The molecule has 0 radical (unpaired) electrons. The zero-order valence-corrected chi connectivity index (χ0v) is 12.1. The Balaban J connectivity index is 1.82. The maximum Gasteiger partial charge on any atom is 0.273 e. The van der Waals surface area contributed by atoms with Crippen molar-refractivity contribution >= 4 is 17.2 Å². The Bertz CT molecular complexity index is 642. The van der Waals surface area contributed by atoms with Crippen molar-refractivity contribution in [3.05, 3.63) is 76.6 Å². The molecule has 106 valence electrons. The van der Waals surface area contributed by atoms with E-state index in [-0.39, 0.29) is 5.91 Å². The number of carbonyl (C=O) groups is 1. The summed E-state index contributed by atoms with van der Waals surface area (Å²) in [7, 11) is 0. The molecule has 0 saturated carbocycles. The quantitative estimate of drug-likeness (QED) is 0.723. The fraction of sp³-hybridized carbons (Fsp3) is 0.125. The van der Waals surface area contributed by atoms with E-state index >= 15 is 0 Å². The molecule has 0 aromatic carbocycles. The van der Waals surface area contributed by atoms with Crippen LogP contribution in [0.15, 0.2) is 64.7 Å². The summed E-state index contributed by atoms with van der Waals surface area (Å²) in [6, 6.07) is 13.0. The van der Waals surface area contributed by atoms with Crippen LogP contribution in [0.3, 0.4) is 0 Å². The summed E-state index contributed by atoms with van der Waals surface area (Å²) >= 11 is 1.63. The summed E-state index contributed by atoms with van der Waals surface area (Å²) in [5, 5.41) is 2.01. The predicted molar refractivity (Wildman–Crippen MR) is 80.8 cm³/mol. The van der Waals surface area contributed by atoms with Crippen LogP contribution in [-0.4, -0.2) is 15.8 Å². The van der Waals surface area contributed by atoms with Crippen LogP contribution in [0.5, 0.6) is 0 Å². The Hall–Kier alpha value is -2.40. The highest BCUT2D eigenvalue weighted by Crippen LogP contribution is 2.16. The van der Waals surface area contributed by atoms with E-state index in [1.54, 1.807) is 40.8 Å². The number of furan rings is 1. The second-order valence-electron chi connectivity index (χ2n) is 4.53. The second kappa shape index (κ2) is 6.37. The van der Waals surface area contributed by atoms with Crippen molar-refractivity contribution in [2.75, 3.05) is 0 Å². The van der Waals surface area contributed by atoms with Gasteiger partial charge in [0.05, 0.1) is 19.4 Å². The Morgan fingerprint density at radius 3 is 2.76 bits per heavy atom. The van der Waals surface area contributed by atoms with Gasteiger partial charge in [0.1, 0.15) is 11.5 Å². The third kappa shape index (κ3) is 3.38. The monoisotopic (exact) mass is 298 g/mol. The Morgan fingerprint density at radius 2 is 2.10 bits per heavy atom. The van der Waals surface area contributed by atoms with E-state index in [1.165, 1.54) is 0 Å². The van der Waals surface area contributed by atoms with Crippen LogP contribution in [0.1, 0.15) is 21.1 Å². The number of carbonyl (C=O) groups excluding carboxylic acids is 1. The van der Waals surface area contributed by atoms with Crippen LogP contribution >= 0.6 is 11.3 Å². The first kappa shape index (κ1) is 13.6. The second-order valence-corrected chi connectivity index (χ2v) is 5.57. The molecule has 0 bridgehead atoms. The number of amides is 1. The van der Waals surface area contributed by atoms with E-state index in [1.807, 2.05) is 35.7 Å². The summed E-state index contributed by atoms with van der Waals surface area (Å²) in [6.07, 6.45) is 3.24. The number of hydrogen-bond donors (Lipinski definition) is 0. The fourth-order valence-electron chi connectivity index (χ4n) is 2.03. The Labute approximate surface area is 126 Å². The third-order valence-electron chi connectivity index (χ3n) is 3.02. The van der Waals surface area contributed by atoms with Gasteiger partial charge in [-0.15, -0.1) is 11.3 Å². The molecule has 0 spiro atoms. The topological polar surface area (TPSA) is 46.3 Å². The first-order valence-corrected chi connectivity index (χ1v) is 7.46. The minimum Gasteiger partial charge on any atom is -0.467 e. The van der Waals surface area contributed by atoms with E-state index in [2.05, 4.69) is 4.98 Å². The number of aromatic nitrogens is 1. The number of rotatable bonds is 5. The van der Waals surface area contributed by atoms with Gasteiger partial charge in [0, 0.05) is 11.1 Å². The average molecular weight is 298 g/mol. The normalized spacial score (nSPS) is 10.5. The van der Waals surface area contributed by atoms with Crippen molar-refractivity contribution in [1.29, 1.82) is 0 Å². The third-order valence-corrected chi connectivity index (χ3v) is 3.89. The summed E-state index contributed by atoms with van der Waals surface area (Å²) in [6.45, 7) is 0.980. The molecule has 0 aliphatic rings. The van der Waals surface area contributed by atoms with Crippen LogP contribution in [0.25, 0.3) is 0 Å². The zero-order valence-electron chi connectivity index (χ0n) is 11.3. The van der Waals surface area contributed by atoms with Crippen LogP contribution in [0.2, 0.25) is 0 Å². The molecule has 3 aromatic heterocycles. The molecule has 4 nitrogen and oxygen atoms in total. The molecule has 0 unspecified atom stereocenters. The molecule has 0 saturated heterocycles. The van der Waals surface area contributed by atoms with Gasteiger partial charge in [-0.05, 0) is 35.7 Å². The molecular weight excluding hydrogens is 284 g/mol. The van der Waals surface area contributed by atoms with Gasteiger partial charge < -0.3 is 9.32 Å². The lowest BCUT2D eigenvalue weighted by Gasteiger charge is -2.20. The average Bonchev–Trinajstić information content (AvgIpc) is 3.20. The lowest BCUT2D eigenvalue weighted by Crippen LogP contribution is -2.30. The molecule has 5 heteroatoms. The summed E-state index contributed by atoms with van der Waals surface area (Å²) in [5.41, 5.74) is 0.445. The Morgan fingerprint density at radius 1 is 1.14 bits per heavy atom. The van der Waals surface area contributed by atoms with Crippen molar-refractivity contribution in [3.8, 4) is 0 Å². The molecule has 1 amide bonds. The minimum absolute atomic E-state index is 0.0969. The van der Waals surface area contributed by atoms with Crippen molar-refractivity contribution in [1.82, 2.24) is 9.88 Å². The van der Waals surface area contributed by atoms with Crippen LogP contribution in [0, 0.1) is 0 Å². The van der Waals surface area contributed by atoms with Gasteiger partial charge in [-0.1, -0.05) is 12.1 Å². The fourth-order valence-corrected chi connectivity index (χ4v) is 2.75. The van der Waals surface area contributed by atoms with Crippen LogP contribution in [-0.2, 0) is 13.1 Å². The maximum atomic E-state index is 12.6. The molecule has 3 heterocycles. The SMILES string of the molecule is O=C(c1ccccn1)N(Cc1ccco1)Cc1cccs1. The molecule has 0 N–H and O–H groups in total. The van der Waals surface area contributed by atoms with E-state index < -0.39 is 0 Å². The maximum absolute atomic E-state index is 12.6. The number of hydrogen-bond acceptors (Lipinski definition) is 4. The number of thiophene rings is 1. The minimum atomic E-state index is -0.0969. The van der Waals surface area contributed by atoms with Gasteiger partial charge in [-0.3, -0.25) is 9.78 Å². The van der Waals surface area contributed by atoms with Crippen molar-refractivity contribution in [2.24, 2.45) is 0 Å². The molecule has 3 aromatic rings. The molecule has 0 atom stereocenters. The summed E-state index contributed by atoms with van der Waals surface area (Å²) in [5.74, 6) is 0.663. The Kier molecular flexibility index (Phi) is 4.12. The molecule has 0 fully saturated rings. The number of pyridine rings is 1. The zero-order chi connectivity index (χ0) is 14.5. The van der Waals surface area contributed by atoms with Gasteiger partial charge in [-0.25, -0.2) is 0 Å². The first-order valence-electron chi connectivity index (χ1n) is 6.58. The van der Waals surface area contributed by atoms with E-state index in [9.17, 15) is 4.79 Å². The lowest BCUT2D eigenvalue weighted by atomic mass is 10.3. The molecule has 3 rings (SSSR count). The van der Waals surface area contributed by atoms with Gasteiger partial charge in [0.15, 0.2) is 0 Å². The van der Waals surface area contributed by atoms with Gasteiger partial charge in [0.25, 0.3) is 5.91 Å². The molecule has 21 heavy (non-hydrogen) atoms. The largest absolute Gasteiger partial charge is 0.467 e. The number of nitrogens with zero attached hydrogens (tertiary/aromatic N) is 2. The van der Waals surface area contributed by atoms with E-state index in [0.717, 1.165) is 10.6 Å². The van der Waals surface area contributed by atoms with Crippen LogP contribution < -0.4 is 0 Å². The van der Waals surface area contributed by atoms with Gasteiger partial charge in [-0.2, -0.15) is 0 Å². The standard InChI is InChI=1S/C16H14N2O2S/c19-16(15-7-1-2-8-17-15)18(11-13-5-3-9-20-13)12-14-6-4-10-21-14/h1-10H,11-12H2. The van der Waals surface area contributed by atoms with Crippen molar-refractivity contribution in [3.63, 3.8) is 0 Å². The molecule has 0 aliphatic heterocycles. The molecule has 0 aliphatic carbocycles. The summed E-state index contributed by atoms with van der Waals surface area (Å²) in [4.78, 5) is 19.6. The highest BCUT2D eigenvalue weighted by atomic mass is 32.1. The predicted octanol–water partition coefficient (Wildman–Crippen LogP) is 3.58. The van der Waals surface area contributed by atoms with Crippen molar-refractivity contribution < 1.29 is 9.21 Å². The highest BCUT2D eigenvalue weighted by molar-refractivity contribution is 7.09. The van der Waals surface area contributed by atoms with Crippen LogP contribution in [0.4, 0.5) is 0 Å². The highest BCUT2D eigenvalue weighted by Gasteiger charge is 2.19. The van der Waals surface area contributed by atoms with Gasteiger partial charge in [0.2, 0.25) is 0 Å². The smallest absolute Gasteiger partial charge is 0.273 e. The first-order chi connectivity index (χ1) is 10.3.